The molecule has 0 fully saturated rings. The average Bonchev–Trinajstić information content (AvgIpc) is 1.98. The molecule has 0 aliphatic rings. The molecule has 0 aromatic heterocycles. The molecule has 10 heavy (non-hydrogen) atoms. The van der Waals surface area contributed by atoms with Crippen LogP contribution in [0.2, 0.25) is 0 Å². The molecule has 0 unspecified atom stereocenters. The first kappa shape index (κ1) is 9.56. The largest absolute Gasteiger partial charge is 0.481 e. The van der Waals surface area contributed by atoms with E-state index in [1.165, 1.54) is 0 Å². The van der Waals surface area contributed by atoms with E-state index in [1.807, 2.05) is 0 Å². The average molecular weight is 160 g/mol. The van der Waals surface area contributed by atoms with Crippen LogP contribution in [-0.4, -0.2) is 17.9 Å². The van der Waals surface area contributed by atoms with Crippen LogP contribution in [0.25, 0.3) is 0 Å². The standard InChI is InChI=1S/C7H12O2S/c1-2-3-4-5-9-7(10)6-8/h6H,2-5H2,1H3. The number of ether oxygens (including phenoxy) is 1. The highest BCUT2D eigenvalue weighted by molar-refractivity contribution is 7.81. The van der Waals surface area contributed by atoms with Crippen LogP contribution in [-0.2, 0) is 9.53 Å². The third-order valence-corrected chi connectivity index (χ3v) is 1.30. The van der Waals surface area contributed by atoms with E-state index < -0.39 is 0 Å². The number of carbonyl (C=O) groups is 1. The first-order chi connectivity index (χ1) is 4.81. The van der Waals surface area contributed by atoms with Gasteiger partial charge in [-0.3, -0.25) is 4.79 Å². The van der Waals surface area contributed by atoms with Crippen molar-refractivity contribution in [2.24, 2.45) is 0 Å². The summed E-state index contributed by atoms with van der Waals surface area (Å²) >= 11 is 4.51. The van der Waals surface area contributed by atoms with Gasteiger partial charge in [-0.05, 0) is 18.6 Å². The number of hydrogen-bond donors (Lipinski definition) is 0. The SMILES string of the molecule is CCCCCOC(=S)C=O. The van der Waals surface area contributed by atoms with Gasteiger partial charge in [-0.1, -0.05) is 19.8 Å². The smallest absolute Gasteiger partial charge is 0.224 e. The summed E-state index contributed by atoms with van der Waals surface area (Å²) in [5.74, 6) is 0. The molecule has 2 nitrogen and oxygen atoms in total. The van der Waals surface area contributed by atoms with E-state index in [4.69, 9.17) is 4.74 Å². The van der Waals surface area contributed by atoms with Crippen LogP contribution in [0.1, 0.15) is 26.2 Å². The van der Waals surface area contributed by atoms with Crippen molar-refractivity contribution in [2.75, 3.05) is 6.61 Å². The second kappa shape index (κ2) is 6.68. The van der Waals surface area contributed by atoms with E-state index in [9.17, 15) is 4.79 Å². The summed E-state index contributed by atoms with van der Waals surface area (Å²) in [7, 11) is 0. The second-order valence-electron chi connectivity index (χ2n) is 1.99. The minimum Gasteiger partial charge on any atom is -0.481 e. The van der Waals surface area contributed by atoms with Crippen molar-refractivity contribution in [1.82, 2.24) is 0 Å². The topological polar surface area (TPSA) is 26.3 Å². The van der Waals surface area contributed by atoms with Gasteiger partial charge in [-0.25, -0.2) is 0 Å². The van der Waals surface area contributed by atoms with Crippen LogP contribution in [0.3, 0.4) is 0 Å². The van der Waals surface area contributed by atoms with Gasteiger partial charge in [0.15, 0.2) is 6.29 Å². The predicted molar refractivity (Wildman–Crippen MR) is 44.1 cm³/mol. The number of hydrogen-bond acceptors (Lipinski definition) is 3. The molecular formula is C7H12O2S. The molecular weight excluding hydrogens is 148 g/mol. The highest BCUT2D eigenvalue weighted by Crippen LogP contribution is 1.93. The molecule has 0 N–H and O–H groups in total. The van der Waals surface area contributed by atoms with Gasteiger partial charge < -0.3 is 4.74 Å². The maximum atomic E-state index is 9.90. The number of rotatable bonds is 5. The summed E-state index contributed by atoms with van der Waals surface area (Å²) in [6, 6.07) is 0. The number of aldehydes is 1. The van der Waals surface area contributed by atoms with E-state index in [0.717, 1.165) is 19.3 Å². The van der Waals surface area contributed by atoms with Crippen molar-refractivity contribution in [1.29, 1.82) is 0 Å². The van der Waals surface area contributed by atoms with E-state index in [1.54, 1.807) is 0 Å². The molecule has 58 valence electrons. The Bertz CT molecular complexity index is 112. The lowest BCUT2D eigenvalue weighted by molar-refractivity contribution is -0.103. The van der Waals surface area contributed by atoms with Gasteiger partial charge in [-0.2, -0.15) is 0 Å². The predicted octanol–water partition coefficient (Wildman–Crippen LogP) is 1.72. The third kappa shape index (κ3) is 5.69. The Morgan fingerprint density at radius 3 is 2.80 bits per heavy atom. The number of unbranched alkanes of at least 4 members (excludes halogenated alkanes) is 2. The van der Waals surface area contributed by atoms with Crippen molar-refractivity contribution in [3.63, 3.8) is 0 Å². The van der Waals surface area contributed by atoms with Crippen molar-refractivity contribution in [3.8, 4) is 0 Å². The Kier molecular flexibility index (Phi) is 6.38. The molecule has 0 aliphatic carbocycles. The summed E-state index contributed by atoms with van der Waals surface area (Å²) in [5.41, 5.74) is 0. The van der Waals surface area contributed by atoms with Gasteiger partial charge in [0.25, 0.3) is 0 Å². The Balaban J connectivity index is 3.03. The molecule has 0 aromatic carbocycles. The Hall–Kier alpha value is -0.440. The lowest BCUT2D eigenvalue weighted by Crippen LogP contribution is -2.03. The second-order valence-corrected chi connectivity index (χ2v) is 2.39. The molecule has 0 saturated carbocycles. The zero-order chi connectivity index (χ0) is 7.82. The quantitative estimate of drug-likeness (QED) is 0.348. The fourth-order valence-corrected chi connectivity index (χ4v) is 0.642. The van der Waals surface area contributed by atoms with Crippen LogP contribution in [0.4, 0.5) is 0 Å². The molecule has 0 atom stereocenters. The molecule has 0 rings (SSSR count). The molecule has 0 saturated heterocycles. The van der Waals surface area contributed by atoms with Gasteiger partial charge in [0.05, 0.1) is 6.61 Å². The molecule has 0 aliphatic heterocycles. The highest BCUT2D eigenvalue weighted by atomic mass is 32.1. The van der Waals surface area contributed by atoms with Gasteiger partial charge >= 0.3 is 0 Å². The lowest BCUT2D eigenvalue weighted by atomic mass is 10.3. The minimum atomic E-state index is 0.0658. The summed E-state index contributed by atoms with van der Waals surface area (Å²) in [6.07, 6.45) is 3.81. The van der Waals surface area contributed by atoms with E-state index in [2.05, 4.69) is 19.1 Å². The lowest BCUT2D eigenvalue weighted by Gasteiger charge is -1.99. The van der Waals surface area contributed by atoms with Crippen molar-refractivity contribution in [3.05, 3.63) is 0 Å². The normalized spacial score (nSPS) is 8.90. The Labute approximate surface area is 66.6 Å². The molecule has 0 heterocycles. The van der Waals surface area contributed by atoms with Crippen LogP contribution in [0, 0.1) is 0 Å². The van der Waals surface area contributed by atoms with Crippen LogP contribution < -0.4 is 0 Å². The van der Waals surface area contributed by atoms with Crippen molar-refractivity contribution in [2.45, 2.75) is 26.2 Å². The molecule has 0 aromatic rings. The molecule has 3 heteroatoms. The van der Waals surface area contributed by atoms with Crippen LogP contribution in [0.5, 0.6) is 0 Å². The van der Waals surface area contributed by atoms with Crippen LogP contribution >= 0.6 is 12.2 Å². The van der Waals surface area contributed by atoms with Crippen LogP contribution in [0.15, 0.2) is 0 Å². The van der Waals surface area contributed by atoms with Crippen molar-refractivity contribution < 1.29 is 9.53 Å². The number of carbonyl (C=O) groups excluding carboxylic acids is 1. The molecule has 0 amide bonds. The zero-order valence-electron chi connectivity index (χ0n) is 6.13. The summed E-state index contributed by atoms with van der Waals surface area (Å²) in [4.78, 5) is 9.90. The minimum absolute atomic E-state index is 0.0658. The van der Waals surface area contributed by atoms with Gasteiger partial charge in [0, 0.05) is 0 Å². The van der Waals surface area contributed by atoms with Gasteiger partial charge in [-0.15, -0.1) is 0 Å². The van der Waals surface area contributed by atoms with E-state index >= 15 is 0 Å². The summed E-state index contributed by atoms with van der Waals surface area (Å²) < 4.78 is 4.86. The molecule has 0 bridgehead atoms. The Morgan fingerprint density at radius 1 is 1.60 bits per heavy atom. The fraction of sp³-hybridized carbons (Fsp3) is 0.714. The monoisotopic (exact) mass is 160 g/mol. The van der Waals surface area contributed by atoms with E-state index in [-0.39, 0.29) is 5.05 Å². The molecule has 0 spiro atoms. The first-order valence-corrected chi connectivity index (χ1v) is 3.84. The highest BCUT2D eigenvalue weighted by Gasteiger charge is 1.91. The first-order valence-electron chi connectivity index (χ1n) is 3.43. The van der Waals surface area contributed by atoms with Gasteiger partial charge in [0.1, 0.15) is 0 Å². The zero-order valence-corrected chi connectivity index (χ0v) is 6.95. The maximum Gasteiger partial charge on any atom is 0.224 e. The third-order valence-electron chi connectivity index (χ3n) is 1.09. The maximum absolute atomic E-state index is 9.90. The summed E-state index contributed by atoms with van der Waals surface area (Å²) in [6.45, 7) is 2.68. The summed E-state index contributed by atoms with van der Waals surface area (Å²) in [5, 5.41) is 0.0658. The van der Waals surface area contributed by atoms with E-state index in [0.29, 0.717) is 12.9 Å². The molecule has 0 radical (unpaired) electrons. The van der Waals surface area contributed by atoms with Crippen molar-refractivity contribution >= 4 is 23.6 Å². The number of thiocarbonyl (C=S) groups is 1. The van der Waals surface area contributed by atoms with Gasteiger partial charge in [0.2, 0.25) is 5.05 Å². The Morgan fingerprint density at radius 2 is 2.30 bits per heavy atom. The fourth-order valence-electron chi connectivity index (χ4n) is 0.559.